The first-order valence-corrected chi connectivity index (χ1v) is 16.0. The van der Waals surface area contributed by atoms with Crippen LogP contribution in [0, 0.1) is 5.82 Å². The van der Waals surface area contributed by atoms with Crippen LogP contribution in [0.5, 0.6) is 5.75 Å². The van der Waals surface area contributed by atoms with Crippen LogP contribution in [0.4, 0.5) is 13.2 Å². The van der Waals surface area contributed by atoms with Crippen molar-refractivity contribution in [3.8, 4) is 39.5 Å². The number of likely N-dealkylation sites (tertiary alicyclic amines) is 2. The molecule has 0 radical (unpaired) electrons. The summed E-state index contributed by atoms with van der Waals surface area (Å²) in [4.78, 5) is 16.9. The van der Waals surface area contributed by atoms with Crippen LogP contribution in [0.1, 0.15) is 24.8 Å². The Hall–Kier alpha value is -4.74. The van der Waals surface area contributed by atoms with Gasteiger partial charge >= 0.3 is 0 Å². The zero-order chi connectivity index (χ0) is 32.0. The number of H-pyrrole nitrogens is 2. The predicted molar refractivity (Wildman–Crippen MR) is 176 cm³/mol. The highest BCUT2D eigenvalue weighted by atomic mass is 19.3. The summed E-state index contributed by atoms with van der Waals surface area (Å²) in [5.41, 5.74) is 7.72. The Bertz CT molecular complexity index is 2070. The number of ether oxygens (including phenoxy) is 1. The van der Waals surface area contributed by atoms with Gasteiger partial charge in [0.2, 0.25) is 0 Å². The maximum Gasteiger partial charge on any atom is 0.261 e. The first-order chi connectivity index (χ1) is 22.9. The molecule has 0 unspecified atom stereocenters. The van der Waals surface area contributed by atoms with Crippen LogP contribution in [-0.4, -0.2) is 80.2 Å². The van der Waals surface area contributed by atoms with E-state index in [0.29, 0.717) is 42.4 Å². The van der Waals surface area contributed by atoms with Gasteiger partial charge in [-0.25, -0.2) is 18.2 Å². The second-order valence-corrected chi connectivity index (χ2v) is 12.6. The maximum absolute atomic E-state index is 14.8. The number of hydrogen-bond donors (Lipinski definition) is 2. The molecule has 8 nitrogen and oxygen atoms in total. The van der Waals surface area contributed by atoms with Crippen molar-refractivity contribution in [3.05, 3.63) is 84.4 Å². The third-order valence-electron chi connectivity index (χ3n) is 9.13. The quantitative estimate of drug-likeness (QED) is 0.173. The van der Waals surface area contributed by atoms with Crippen molar-refractivity contribution in [1.29, 1.82) is 0 Å². The van der Waals surface area contributed by atoms with Gasteiger partial charge in [0, 0.05) is 61.0 Å². The summed E-state index contributed by atoms with van der Waals surface area (Å²) in [6.45, 7) is 4.06. The lowest BCUT2D eigenvalue weighted by atomic mass is 10.0. The fraction of sp³-hybridized carbons (Fsp3) is 0.306. The number of halogens is 3. The maximum atomic E-state index is 14.8. The van der Waals surface area contributed by atoms with Gasteiger partial charge in [0.1, 0.15) is 29.4 Å². The van der Waals surface area contributed by atoms with Gasteiger partial charge < -0.3 is 9.72 Å². The normalized spacial score (nSPS) is 16.9. The summed E-state index contributed by atoms with van der Waals surface area (Å²) in [5, 5.41) is 8.60. The molecule has 2 aliphatic rings. The third kappa shape index (κ3) is 6.20. The van der Waals surface area contributed by atoms with Gasteiger partial charge in [-0.15, -0.1) is 0 Å². The molecule has 8 rings (SSSR count). The summed E-state index contributed by atoms with van der Waals surface area (Å²) < 4.78 is 48.3. The van der Waals surface area contributed by atoms with Crippen molar-refractivity contribution in [2.24, 2.45) is 0 Å². The van der Waals surface area contributed by atoms with E-state index >= 15 is 0 Å². The molecule has 0 saturated carbocycles. The van der Waals surface area contributed by atoms with E-state index in [1.807, 2.05) is 48.5 Å². The van der Waals surface area contributed by atoms with E-state index in [4.69, 9.17) is 9.72 Å². The minimum atomic E-state index is -2.64. The van der Waals surface area contributed by atoms with E-state index in [-0.39, 0.29) is 18.8 Å². The van der Waals surface area contributed by atoms with Crippen LogP contribution in [-0.2, 0) is 6.54 Å². The van der Waals surface area contributed by atoms with Gasteiger partial charge in [0.05, 0.1) is 23.4 Å². The highest BCUT2D eigenvalue weighted by Crippen LogP contribution is 2.36. The molecule has 0 amide bonds. The summed E-state index contributed by atoms with van der Waals surface area (Å²) in [6.07, 6.45) is 5.76. The SMILES string of the molecule is Fc1cc(OCCN2CCCC2)cc(-c2cccc3[nH]c(-c4n[nH]c5ccc(-c6cncc(CN7CCC(F)(F)C7)c6)nc45)cc23)c1. The number of nitrogens with one attached hydrogen (secondary N) is 2. The molecule has 0 bridgehead atoms. The Morgan fingerprint density at radius 1 is 0.894 bits per heavy atom. The lowest BCUT2D eigenvalue weighted by Crippen LogP contribution is -2.25. The summed E-state index contributed by atoms with van der Waals surface area (Å²) >= 11 is 0. The molecule has 0 aliphatic carbocycles. The Morgan fingerprint density at radius 3 is 2.64 bits per heavy atom. The van der Waals surface area contributed by atoms with E-state index in [1.165, 1.54) is 25.0 Å². The molecule has 2 aromatic carbocycles. The Morgan fingerprint density at radius 2 is 1.79 bits per heavy atom. The molecule has 47 heavy (non-hydrogen) atoms. The van der Waals surface area contributed by atoms with Gasteiger partial charge in [-0.05, 0) is 85.1 Å². The first-order valence-electron chi connectivity index (χ1n) is 16.0. The van der Waals surface area contributed by atoms with Crippen molar-refractivity contribution < 1.29 is 17.9 Å². The molecule has 2 fully saturated rings. The molecule has 2 N–H and O–H groups in total. The first kappa shape index (κ1) is 29.6. The lowest BCUT2D eigenvalue weighted by Gasteiger charge is -2.15. The summed E-state index contributed by atoms with van der Waals surface area (Å²) in [5.74, 6) is -2.47. The third-order valence-corrected chi connectivity index (χ3v) is 9.13. The highest BCUT2D eigenvalue weighted by molar-refractivity contribution is 6.00. The van der Waals surface area contributed by atoms with Crippen molar-refractivity contribution in [1.82, 2.24) is 34.9 Å². The lowest BCUT2D eigenvalue weighted by molar-refractivity contribution is 0.0115. The van der Waals surface area contributed by atoms with Gasteiger partial charge in [-0.1, -0.05) is 12.1 Å². The van der Waals surface area contributed by atoms with E-state index in [0.717, 1.165) is 64.0 Å². The molecule has 6 aromatic rings. The van der Waals surface area contributed by atoms with E-state index < -0.39 is 5.92 Å². The van der Waals surface area contributed by atoms with Crippen molar-refractivity contribution in [2.75, 3.05) is 39.3 Å². The molecular weight excluding hydrogens is 603 g/mol. The minimum Gasteiger partial charge on any atom is -0.492 e. The minimum absolute atomic E-state index is 0.118. The molecule has 2 saturated heterocycles. The van der Waals surface area contributed by atoms with Gasteiger partial charge in [0.25, 0.3) is 5.92 Å². The number of rotatable bonds is 9. The fourth-order valence-corrected chi connectivity index (χ4v) is 6.80. The molecular formula is C36H34F3N7O. The summed E-state index contributed by atoms with van der Waals surface area (Å²) in [7, 11) is 0. The number of benzene rings is 2. The average molecular weight is 638 g/mol. The zero-order valence-corrected chi connectivity index (χ0v) is 25.8. The summed E-state index contributed by atoms with van der Waals surface area (Å²) in [6, 6.07) is 18.6. The number of fused-ring (bicyclic) bond motifs is 2. The van der Waals surface area contributed by atoms with E-state index in [9.17, 15) is 13.2 Å². The topological polar surface area (TPSA) is 86.0 Å². The van der Waals surface area contributed by atoms with E-state index in [2.05, 4.69) is 25.1 Å². The number of hydrogen-bond acceptors (Lipinski definition) is 6. The van der Waals surface area contributed by atoms with Crippen LogP contribution in [0.25, 0.3) is 55.7 Å². The van der Waals surface area contributed by atoms with Crippen LogP contribution in [0.15, 0.2) is 73.1 Å². The number of nitrogens with zero attached hydrogens (tertiary/aromatic N) is 5. The molecule has 6 heterocycles. The standard InChI is InChI=1S/C36H34F3N7O/c37-26-15-24(16-27(17-26)47-13-12-45-9-1-2-10-45)28-4-3-5-31-29(28)18-33(41-31)35-34-32(43-44-35)7-6-30(42-34)25-14-23(19-40-20-25)21-46-11-8-36(38,39)22-46/h3-7,14-20,41H,1-2,8-13,21-22H2,(H,43,44). The van der Waals surface area contributed by atoms with Crippen molar-refractivity contribution in [3.63, 3.8) is 0 Å². The Labute approximate surface area is 269 Å². The van der Waals surface area contributed by atoms with Gasteiger partial charge in [0.15, 0.2) is 0 Å². The van der Waals surface area contributed by atoms with Crippen LogP contribution < -0.4 is 4.74 Å². The fourth-order valence-electron chi connectivity index (χ4n) is 6.80. The average Bonchev–Trinajstić information content (AvgIpc) is 3.87. The predicted octanol–water partition coefficient (Wildman–Crippen LogP) is 7.29. The largest absolute Gasteiger partial charge is 0.492 e. The Balaban J connectivity index is 1.08. The molecule has 0 atom stereocenters. The zero-order valence-electron chi connectivity index (χ0n) is 25.8. The number of alkyl halides is 2. The molecule has 11 heteroatoms. The van der Waals surface area contributed by atoms with Gasteiger partial charge in [-0.2, -0.15) is 5.10 Å². The second-order valence-electron chi connectivity index (χ2n) is 12.6. The monoisotopic (exact) mass is 637 g/mol. The van der Waals surface area contributed by atoms with Crippen LogP contribution in [0.2, 0.25) is 0 Å². The molecule has 2 aliphatic heterocycles. The second kappa shape index (κ2) is 12.1. The van der Waals surface area contributed by atoms with Crippen molar-refractivity contribution >= 4 is 21.9 Å². The smallest absolute Gasteiger partial charge is 0.261 e. The number of pyridine rings is 2. The number of aromatic amines is 2. The number of aromatic nitrogens is 5. The van der Waals surface area contributed by atoms with Gasteiger partial charge in [-0.3, -0.25) is 19.9 Å². The van der Waals surface area contributed by atoms with E-state index in [1.54, 1.807) is 17.3 Å². The molecule has 0 spiro atoms. The molecule has 240 valence electrons. The molecule has 4 aromatic heterocycles. The Kier molecular flexibility index (Phi) is 7.65. The van der Waals surface area contributed by atoms with Crippen LogP contribution >= 0.6 is 0 Å². The highest BCUT2D eigenvalue weighted by Gasteiger charge is 2.38. The van der Waals surface area contributed by atoms with Crippen LogP contribution in [0.3, 0.4) is 0 Å². The van der Waals surface area contributed by atoms with Crippen molar-refractivity contribution in [2.45, 2.75) is 31.7 Å².